The molecule has 2 aromatic rings. The number of amides is 3. The molecule has 2 aliphatic rings. The molecule has 1 aromatic carbocycles. The van der Waals surface area contributed by atoms with Gasteiger partial charge in [0.25, 0.3) is 0 Å². The van der Waals surface area contributed by atoms with E-state index in [2.05, 4.69) is 5.32 Å². The van der Waals surface area contributed by atoms with Gasteiger partial charge in [0, 0.05) is 42.0 Å². The Hall–Kier alpha value is -2.67. The Morgan fingerprint density at radius 1 is 1.16 bits per heavy atom. The molecule has 0 aliphatic carbocycles. The maximum atomic E-state index is 13.7. The maximum absolute atomic E-state index is 13.7. The van der Waals surface area contributed by atoms with E-state index >= 15 is 0 Å². The summed E-state index contributed by atoms with van der Waals surface area (Å²) in [7, 11) is 0. The van der Waals surface area contributed by atoms with E-state index in [9.17, 15) is 14.4 Å². The van der Waals surface area contributed by atoms with E-state index < -0.39 is 5.92 Å². The van der Waals surface area contributed by atoms with Gasteiger partial charge in [0.2, 0.25) is 17.7 Å². The Bertz CT molecular complexity index is 971. The number of nitrogens with one attached hydrogen (secondary N) is 1. The smallest absolute Gasteiger partial charge is 0.228 e. The van der Waals surface area contributed by atoms with E-state index in [0.29, 0.717) is 13.1 Å². The molecule has 6 nitrogen and oxygen atoms in total. The average Bonchev–Trinajstić information content (AvgIpc) is 3.41. The minimum atomic E-state index is -0.429. The van der Waals surface area contributed by atoms with Gasteiger partial charge in [0.05, 0.1) is 12.0 Å². The molecule has 170 valence electrons. The second-order valence-corrected chi connectivity index (χ2v) is 10.1. The van der Waals surface area contributed by atoms with Crippen molar-refractivity contribution in [3.8, 4) is 0 Å². The third-order valence-electron chi connectivity index (χ3n) is 6.39. The summed E-state index contributed by atoms with van der Waals surface area (Å²) < 4.78 is 0. The molecule has 0 bridgehead atoms. The third kappa shape index (κ3) is 4.58. The van der Waals surface area contributed by atoms with Crippen LogP contribution in [0.1, 0.15) is 49.6 Å². The Kier molecular flexibility index (Phi) is 6.65. The van der Waals surface area contributed by atoms with Crippen LogP contribution in [-0.2, 0) is 14.4 Å². The summed E-state index contributed by atoms with van der Waals surface area (Å²) in [6.07, 6.45) is 1.92. The van der Waals surface area contributed by atoms with Crippen LogP contribution in [-0.4, -0.2) is 41.8 Å². The van der Waals surface area contributed by atoms with Gasteiger partial charge in [-0.1, -0.05) is 37.6 Å². The summed E-state index contributed by atoms with van der Waals surface area (Å²) in [4.78, 5) is 43.7. The molecular weight excluding hydrogens is 422 g/mol. The molecule has 0 radical (unpaired) electrons. The molecule has 1 N–H and O–H groups in total. The van der Waals surface area contributed by atoms with Gasteiger partial charge in [-0.2, -0.15) is 0 Å². The molecule has 0 saturated carbocycles. The van der Waals surface area contributed by atoms with Crippen molar-refractivity contribution in [1.82, 2.24) is 10.2 Å². The molecule has 0 spiro atoms. The standard InChI is InChI=1S/C25H31N3O3S/c1-16(2)24(30)26-18-6-4-12-27(15-18)25(31)20-14-22(29)28(19-10-8-17(3)9-11-19)23(20)21-7-5-13-32-21/h5,7-11,13,16,18,20,23H,4,6,12,14-15H2,1-3H3,(H,26,30). The van der Waals surface area contributed by atoms with Gasteiger partial charge in [0.1, 0.15) is 0 Å². The van der Waals surface area contributed by atoms with Gasteiger partial charge in [-0.05, 0) is 43.3 Å². The van der Waals surface area contributed by atoms with E-state index in [1.165, 1.54) is 0 Å². The number of thiophene rings is 1. The summed E-state index contributed by atoms with van der Waals surface area (Å²) in [6, 6.07) is 11.5. The van der Waals surface area contributed by atoms with Gasteiger partial charge < -0.3 is 15.1 Å². The first-order valence-corrected chi connectivity index (χ1v) is 12.2. The highest BCUT2D eigenvalue weighted by Gasteiger charge is 2.47. The summed E-state index contributed by atoms with van der Waals surface area (Å²) >= 11 is 1.58. The lowest BCUT2D eigenvalue weighted by Gasteiger charge is -2.36. The predicted octanol–water partition coefficient (Wildman–Crippen LogP) is 3.91. The monoisotopic (exact) mass is 453 g/mol. The Labute approximate surface area is 193 Å². The van der Waals surface area contributed by atoms with Crippen molar-refractivity contribution in [3.63, 3.8) is 0 Å². The van der Waals surface area contributed by atoms with Gasteiger partial charge >= 0.3 is 0 Å². The zero-order valence-electron chi connectivity index (χ0n) is 18.9. The number of carbonyl (C=O) groups is 3. The van der Waals surface area contributed by atoms with E-state index in [4.69, 9.17) is 0 Å². The Morgan fingerprint density at radius 2 is 1.91 bits per heavy atom. The molecule has 3 heterocycles. The molecule has 1 aromatic heterocycles. The van der Waals surface area contributed by atoms with Crippen LogP contribution >= 0.6 is 11.3 Å². The van der Waals surface area contributed by atoms with Crippen molar-refractivity contribution in [2.45, 2.75) is 52.1 Å². The molecule has 4 rings (SSSR count). The topological polar surface area (TPSA) is 69.7 Å². The van der Waals surface area contributed by atoms with Crippen LogP contribution in [0.4, 0.5) is 5.69 Å². The molecule has 3 unspecified atom stereocenters. The summed E-state index contributed by atoms with van der Waals surface area (Å²) in [5, 5.41) is 5.06. The number of nitrogens with zero attached hydrogens (tertiary/aromatic N) is 2. The van der Waals surface area contributed by atoms with Crippen molar-refractivity contribution in [2.24, 2.45) is 11.8 Å². The van der Waals surface area contributed by atoms with Gasteiger partial charge in [-0.15, -0.1) is 11.3 Å². The van der Waals surface area contributed by atoms with Gasteiger partial charge in [-0.25, -0.2) is 0 Å². The molecule has 3 amide bonds. The number of benzene rings is 1. The first-order chi connectivity index (χ1) is 15.3. The van der Waals surface area contributed by atoms with Crippen molar-refractivity contribution in [2.75, 3.05) is 18.0 Å². The quantitative estimate of drug-likeness (QED) is 0.746. The summed E-state index contributed by atoms with van der Waals surface area (Å²) in [6.45, 7) is 6.93. The SMILES string of the molecule is Cc1ccc(N2C(=O)CC(C(=O)N3CCCC(NC(=O)C(C)C)C3)C2c2cccs2)cc1. The number of likely N-dealkylation sites (tertiary alicyclic amines) is 1. The van der Waals surface area contributed by atoms with Crippen LogP contribution in [0.5, 0.6) is 0 Å². The number of anilines is 1. The molecule has 2 saturated heterocycles. The van der Waals surface area contributed by atoms with Gasteiger partial charge in [-0.3, -0.25) is 14.4 Å². The molecule has 3 atom stereocenters. The van der Waals surface area contributed by atoms with Crippen LogP contribution in [0.3, 0.4) is 0 Å². The second kappa shape index (κ2) is 9.45. The summed E-state index contributed by atoms with van der Waals surface area (Å²) in [5.74, 6) is -0.508. The van der Waals surface area contributed by atoms with E-state index in [1.807, 2.05) is 67.4 Å². The first kappa shape index (κ1) is 22.5. The minimum absolute atomic E-state index is 0.00913. The number of piperidine rings is 1. The lowest BCUT2D eigenvalue weighted by molar-refractivity contribution is -0.138. The van der Waals surface area contributed by atoms with E-state index in [0.717, 1.165) is 29.0 Å². The van der Waals surface area contributed by atoms with Crippen molar-refractivity contribution in [1.29, 1.82) is 0 Å². The highest BCUT2D eigenvalue weighted by atomic mass is 32.1. The zero-order valence-corrected chi connectivity index (χ0v) is 19.7. The van der Waals surface area contributed by atoms with Crippen molar-refractivity contribution < 1.29 is 14.4 Å². The zero-order chi connectivity index (χ0) is 22.8. The highest BCUT2D eigenvalue weighted by Crippen LogP contribution is 2.44. The molecular formula is C25H31N3O3S. The van der Waals surface area contributed by atoms with E-state index in [1.54, 1.807) is 16.2 Å². The molecule has 2 fully saturated rings. The molecule has 7 heteroatoms. The summed E-state index contributed by atoms with van der Waals surface area (Å²) in [5.41, 5.74) is 1.96. The van der Waals surface area contributed by atoms with Crippen molar-refractivity contribution in [3.05, 3.63) is 52.2 Å². The number of hydrogen-bond donors (Lipinski definition) is 1. The van der Waals surface area contributed by atoms with Crippen LogP contribution < -0.4 is 10.2 Å². The predicted molar refractivity (Wildman–Crippen MR) is 126 cm³/mol. The van der Waals surface area contributed by atoms with Crippen LogP contribution in [0.15, 0.2) is 41.8 Å². The number of hydrogen-bond acceptors (Lipinski definition) is 4. The second-order valence-electron chi connectivity index (χ2n) is 9.16. The molecule has 2 aliphatic heterocycles. The average molecular weight is 454 g/mol. The first-order valence-electron chi connectivity index (χ1n) is 11.4. The normalized spacial score (nSPS) is 23.6. The largest absolute Gasteiger partial charge is 0.351 e. The van der Waals surface area contributed by atoms with Gasteiger partial charge in [0.15, 0.2) is 0 Å². The Morgan fingerprint density at radius 3 is 2.56 bits per heavy atom. The Balaban J connectivity index is 1.57. The number of carbonyl (C=O) groups excluding carboxylic acids is 3. The van der Waals surface area contributed by atoms with Crippen LogP contribution in [0.25, 0.3) is 0 Å². The fraction of sp³-hybridized carbons (Fsp3) is 0.480. The van der Waals surface area contributed by atoms with Crippen molar-refractivity contribution >= 4 is 34.7 Å². The third-order valence-corrected chi connectivity index (χ3v) is 7.33. The fourth-order valence-electron chi connectivity index (χ4n) is 4.65. The lowest BCUT2D eigenvalue weighted by atomic mass is 9.95. The highest BCUT2D eigenvalue weighted by molar-refractivity contribution is 7.10. The minimum Gasteiger partial charge on any atom is -0.351 e. The fourth-order valence-corrected chi connectivity index (χ4v) is 5.53. The van der Waals surface area contributed by atoms with Crippen LogP contribution in [0.2, 0.25) is 0 Å². The maximum Gasteiger partial charge on any atom is 0.228 e. The molecule has 32 heavy (non-hydrogen) atoms. The van der Waals surface area contributed by atoms with E-state index in [-0.39, 0.29) is 42.1 Å². The lowest BCUT2D eigenvalue weighted by Crippen LogP contribution is -2.52. The number of aryl methyl sites for hydroxylation is 1. The number of rotatable bonds is 5. The van der Waals surface area contributed by atoms with Crippen LogP contribution in [0, 0.1) is 18.8 Å².